The molecule has 66 valence electrons. The highest BCUT2D eigenvalue weighted by Crippen LogP contribution is 2.31. The van der Waals surface area contributed by atoms with Crippen LogP contribution in [0.4, 0.5) is 0 Å². The normalized spacial score (nSPS) is 14.7. The number of rotatable bonds is 0. The van der Waals surface area contributed by atoms with Crippen molar-refractivity contribution in [2.45, 2.75) is 17.7 Å². The molecule has 12 heavy (non-hydrogen) atoms. The Hall–Kier alpha value is -0.340. The summed E-state index contributed by atoms with van der Waals surface area (Å²) in [5.74, 6) is 1.61. The van der Waals surface area contributed by atoms with Crippen LogP contribution in [-0.2, 0) is 6.42 Å². The Morgan fingerprint density at radius 1 is 1.33 bits per heavy atom. The van der Waals surface area contributed by atoms with Crippen LogP contribution in [0.25, 0.3) is 0 Å². The van der Waals surface area contributed by atoms with E-state index in [1.807, 2.05) is 23.9 Å². The van der Waals surface area contributed by atoms with Crippen LogP contribution in [0.3, 0.4) is 0 Å². The molecule has 0 saturated heterocycles. The molecule has 1 heterocycles. The molecule has 0 aliphatic carbocycles. The van der Waals surface area contributed by atoms with Crippen LogP contribution < -0.4 is 0 Å². The first-order chi connectivity index (χ1) is 5.36. The average Bonchev–Trinajstić information content (AvgIpc) is 2.04. The van der Waals surface area contributed by atoms with E-state index < -0.39 is 0 Å². The highest BCUT2D eigenvalue weighted by Gasteiger charge is 2.08. The van der Waals surface area contributed by atoms with Crippen molar-refractivity contribution in [1.82, 2.24) is 0 Å². The first-order valence-electron chi connectivity index (χ1n) is 3.81. The molecule has 1 aromatic carbocycles. The van der Waals surface area contributed by atoms with Gasteiger partial charge in [-0.2, -0.15) is 0 Å². The number of hydrogen-bond donors (Lipinski definition) is 1. The summed E-state index contributed by atoms with van der Waals surface area (Å²) in [7, 11) is 0. The second kappa shape index (κ2) is 4.06. The van der Waals surface area contributed by atoms with Crippen LogP contribution >= 0.6 is 24.2 Å². The predicted octanol–water partition coefficient (Wildman–Crippen LogP) is 2.85. The summed E-state index contributed by atoms with van der Waals surface area (Å²) in [6.07, 6.45) is 2.36. The van der Waals surface area contributed by atoms with Gasteiger partial charge >= 0.3 is 0 Å². The van der Waals surface area contributed by atoms with Gasteiger partial charge < -0.3 is 5.11 Å². The molecule has 0 aromatic heterocycles. The second-order valence-electron chi connectivity index (χ2n) is 2.74. The standard InChI is InChI=1S/C9H10OS.ClH/c10-8-3-4-9-7(6-8)2-1-5-11-9;/h3-4,6,10H,1-2,5H2;1H. The molecular weight excluding hydrogens is 192 g/mol. The van der Waals surface area contributed by atoms with E-state index in [1.54, 1.807) is 6.07 Å². The van der Waals surface area contributed by atoms with Crippen molar-refractivity contribution in [3.63, 3.8) is 0 Å². The van der Waals surface area contributed by atoms with Gasteiger partial charge in [0.2, 0.25) is 0 Å². The Bertz CT molecular complexity index is 275. The van der Waals surface area contributed by atoms with E-state index in [2.05, 4.69) is 0 Å². The highest BCUT2D eigenvalue weighted by atomic mass is 35.5. The monoisotopic (exact) mass is 202 g/mol. The van der Waals surface area contributed by atoms with Gasteiger partial charge in [0.05, 0.1) is 0 Å². The number of aromatic hydroxyl groups is 1. The maximum absolute atomic E-state index is 9.18. The van der Waals surface area contributed by atoms with Crippen LogP contribution in [0.15, 0.2) is 23.1 Å². The lowest BCUT2D eigenvalue weighted by Crippen LogP contribution is -1.97. The van der Waals surface area contributed by atoms with Crippen molar-refractivity contribution in [3.05, 3.63) is 23.8 Å². The summed E-state index contributed by atoms with van der Waals surface area (Å²) in [5, 5.41) is 9.18. The third-order valence-electron chi connectivity index (χ3n) is 1.89. The summed E-state index contributed by atoms with van der Waals surface area (Å²) in [6, 6.07) is 5.65. The van der Waals surface area contributed by atoms with Gasteiger partial charge in [-0.3, -0.25) is 0 Å². The zero-order valence-electron chi connectivity index (χ0n) is 6.62. The van der Waals surface area contributed by atoms with Gasteiger partial charge in [0.1, 0.15) is 5.75 Å². The van der Waals surface area contributed by atoms with E-state index in [0.29, 0.717) is 5.75 Å². The van der Waals surface area contributed by atoms with Gasteiger partial charge in [-0.25, -0.2) is 0 Å². The topological polar surface area (TPSA) is 20.2 Å². The third kappa shape index (κ3) is 1.87. The van der Waals surface area contributed by atoms with Crippen LogP contribution in [0, 0.1) is 0 Å². The SMILES string of the molecule is Cl.Oc1ccc2c(c1)CCCS2. The maximum Gasteiger partial charge on any atom is 0.115 e. The van der Waals surface area contributed by atoms with Crippen LogP contribution in [0.5, 0.6) is 5.75 Å². The molecule has 0 fully saturated rings. The first kappa shape index (κ1) is 9.75. The van der Waals surface area contributed by atoms with Crippen molar-refractivity contribution in [2.75, 3.05) is 5.75 Å². The Morgan fingerprint density at radius 2 is 2.17 bits per heavy atom. The Labute approximate surface area is 82.6 Å². The smallest absolute Gasteiger partial charge is 0.115 e. The fourth-order valence-electron chi connectivity index (χ4n) is 1.35. The molecule has 0 saturated carbocycles. The van der Waals surface area contributed by atoms with Gasteiger partial charge in [0, 0.05) is 4.90 Å². The lowest BCUT2D eigenvalue weighted by Gasteiger charge is -2.14. The number of hydrogen-bond acceptors (Lipinski definition) is 2. The molecule has 1 aromatic rings. The summed E-state index contributed by atoms with van der Waals surface area (Å²) in [6.45, 7) is 0. The van der Waals surface area contributed by atoms with E-state index in [4.69, 9.17) is 0 Å². The van der Waals surface area contributed by atoms with E-state index in [0.717, 1.165) is 6.42 Å². The minimum Gasteiger partial charge on any atom is -0.508 e. The van der Waals surface area contributed by atoms with E-state index in [1.165, 1.54) is 22.6 Å². The Kier molecular flexibility index (Phi) is 3.29. The van der Waals surface area contributed by atoms with Crippen molar-refractivity contribution >= 4 is 24.2 Å². The predicted molar refractivity (Wildman–Crippen MR) is 54.4 cm³/mol. The van der Waals surface area contributed by atoms with Crippen molar-refractivity contribution in [1.29, 1.82) is 0 Å². The molecule has 3 heteroatoms. The number of thioether (sulfide) groups is 1. The molecule has 0 unspecified atom stereocenters. The average molecular weight is 203 g/mol. The largest absolute Gasteiger partial charge is 0.508 e. The number of fused-ring (bicyclic) bond motifs is 1. The number of aryl methyl sites for hydroxylation is 1. The molecule has 1 aliphatic rings. The molecule has 0 bridgehead atoms. The minimum atomic E-state index is 0. The highest BCUT2D eigenvalue weighted by molar-refractivity contribution is 7.99. The number of halogens is 1. The maximum atomic E-state index is 9.18. The molecule has 2 rings (SSSR count). The van der Waals surface area contributed by atoms with Crippen molar-refractivity contribution in [2.24, 2.45) is 0 Å². The van der Waals surface area contributed by atoms with Gasteiger partial charge in [0.25, 0.3) is 0 Å². The lowest BCUT2D eigenvalue weighted by molar-refractivity contribution is 0.473. The van der Waals surface area contributed by atoms with Crippen molar-refractivity contribution < 1.29 is 5.11 Å². The number of phenols is 1. The lowest BCUT2D eigenvalue weighted by atomic mass is 10.1. The quantitative estimate of drug-likeness (QED) is 0.698. The van der Waals surface area contributed by atoms with E-state index >= 15 is 0 Å². The molecule has 0 spiro atoms. The van der Waals surface area contributed by atoms with E-state index in [-0.39, 0.29) is 12.4 Å². The number of phenolic OH excluding ortho intramolecular Hbond substituents is 1. The molecule has 1 N–H and O–H groups in total. The Morgan fingerprint density at radius 3 is 3.00 bits per heavy atom. The summed E-state index contributed by atoms with van der Waals surface area (Å²) in [4.78, 5) is 1.34. The summed E-state index contributed by atoms with van der Waals surface area (Å²) < 4.78 is 0. The van der Waals surface area contributed by atoms with Crippen LogP contribution in [0.2, 0.25) is 0 Å². The van der Waals surface area contributed by atoms with Gasteiger partial charge in [-0.1, -0.05) is 0 Å². The van der Waals surface area contributed by atoms with Gasteiger partial charge in [-0.15, -0.1) is 24.2 Å². The molecule has 1 aliphatic heterocycles. The van der Waals surface area contributed by atoms with Crippen LogP contribution in [-0.4, -0.2) is 10.9 Å². The molecule has 0 amide bonds. The molecule has 1 nitrogen and oxygen atoms in total. The van der Waals surface area contributed by atoms with Gasteiger partial charge in [-0.05, 0) is 42.4 Å². The molecule has 0 atom stereocenters. The van der Waals surface area contributed by atoms with Crippen molar-refractivity contribution in [3.8, 4) is 5.75 Å². The van der Waals surface area contributed by atoms with Gasteiger partial charge in [0.15, 0.2) is 0 Å². The minimum absolute atomic E-state index is 0. The molecular formula is C9H11ClOS. The fourth-order valence-corrected chi connectivity index (χ4v) is 2.37. The zero-order chi connectivity index (χ0) is 7.68. The number of benzene rings is 1. The molecule has 0 radical (unpaired) electrons. The Balaban J connectivity index is 0.000000720. The van der Waals surface area contributed by atoms with E-state index in [9.17, 15) is 5.11 Å². The third-order valence-corrected chi connectivity index (χ3v) is 3.09. The van der Waals surface area contributed by atoms with Crippen LogP contribution in [0.1, 0.15) is 12.0 Å². The first-order valence-corrected chi connectivity index (χ1v) is 4.79. The summed E-state index contributed by atoms with van der Waals surface area (Å²) in [5.41, 5.74) is 1.31. The fraction of sp³-hybridized carbons (Fsp3) is 0.333. The summed E-state index contributed by atoms with van der Waals surface area (Å²) >= 11 is 1.89. The second-order valence-corrected chi connectivity index (χ2v) is 3.88. The zero-order valence-corrected chi connectivity index (χ0v) is 8.25.